The summed E-state index contributed by atoms with van der Waals surface area (Å²) in [6, 6.07) is 0.293. The van der Waals surface area contributed by atoms with E-state index in [1.165, 1.54) is 0 Å². The van der Waals surface area contributed by atoms with Gasteiger partial charge in [-0.3, -0.25) is 0 Å². The minimum absolute atomic E-state index is 0.293. The first-order chi connectivity index (χ1) is 7.47. The van der Waals surface area contributed by atoms with Gasteiger partial charge >= 0.3 is 6.18 Å². The van der Waals surface area contributed by atoms with Crippen molar-refractivity contribution < 1.29 is 13.2 Å². The summed E-state index contributed by atoms with van der Waals surface area (Å²) in [6.45, 7) is 2.66. The predicted molar refractivity (Wildman–Crippen MR) is 56.6 cm³/mol. The first kappa shape index (κ1) is 11.9. The summed E-state index contributed by atoms with van der Waals surface area (Å²) in [6.07, 6.45) is -1.58. The Morgan fingerprint density at radius 2 is 2.25 bits per heavy atom. The van der Waals surface area contributed by atoms with Crippen molar-refractivity contribution in [2.24, 2.45) is 0 Å². The Morgan fingerprint density at radius 3 is 2.75 bits per heavy atom. The Morgan fingerprint density at radius 1 is 1.50 bits per heavy atom. The quantitative estimate of drug-likeness (QED) is 0.873. The van der Waals surface area contributed by atoms with Crippen LogP contribution in [0.4, 0.5) is 13.2 Å². The molecule has 1 aliphatic rings. The lowest BCUT2D eigenvalue weighted by Crippen LogP contribution is -2.24. The number of thiazole rings is 1. The molecule has 0 aromatic carbocycles. The van der Waals surface area contributed by atoms with Crippen LogP contribution in [0.5, 0.6) is 0 Å². The molecule has 1 atom stereocenters. The van der Waals surface area contributed by atoms with Gasteiger partial charge in [0.15, 0.2) is 5.01 Å². The molecule has 0 saturated carbocycles. The molecule has 1 saturated heterocycles. The average Bonchev–Trinajstić information content (AvgIpc) is 2.76. The summed E-state index contributed by atoms with van der Waals surface area (Å²) in [5, 5.41) is 2.54. The third-order valence-electron chi connectivity index (χ3n) is 2.74. The van der Waals surface area contributed by atoms with Crippen molar-refractivity contribution in [1.82, 2.24) is 10.3 Å². The van der Waals surface area contributed by atoms with Gasteiger partial charge in [0, 0.05) is 17.3 Å². The van der Waals surface area contributed by atoms with Gasteiger partial charge in [0.05, 0.1) is 5.69 Å². The fraction of sp³-hybridized carbons (Fsp3) is 0.700. The molecule has 90 valence electrons. The molecule has 1 fully saturated rings. The zero-order chi connectivity index (χ0) is 11.8. The minimum Gasteiger partial charge on any atom is -0.314 e. The number of hydrogen-bond acceptors (Lipinski definition) is 3. The molecule has 1 N–H and O–H groups in total. The third kappa shape index (κ3) is 2.55. The van der Waals surface area contributed by atoms with Crippen LogP contribution in [0.25, 0.3) is 0 Å². The van der Waals surface area contributed by atoms with Gasteiger partial charge in [-0.1, -0.05) is 0 Å². The van der Waals surface area contributed by atoms with Crippen LogP contribution in [0.3, 0.4) is 0 Å². The van der Waals surface area contributed by atoms with E-state index in [2.05, 4.69) is 10.3 Å². The zero-order valence-electron chi connectivity index (χ0n) is 8.90. The number of rotatable bonds is 2. The Balaban J connectivity index is 2.12. The number of aryl methyl sites for hydroxylation is 1. The molecule has 0 amide bonds. The predicted octanol–water partition coefficient (Wildman–Crippen LogP) is 2.76. The van der Waals surface area contributed by atoms with Gasteiger partial charge < -0.3 is 5.32 Å². The smallest absolute Gasteiger partial charge is 0.314 e. The fourth-order valence-corrected chi connectivity index (χ4v) is 2.71. The summed E-state index contributed by atoms with van der Waals surface area (Å²) in [5.41, 5.74) is 0.594. The third-order valence-corrected chi connectivity index (χ3v) is 3.80. The summed E-state index contributed by atoms with van der Waals surface area (Å²) < 4.78 is 37.3. The number of nitrogens with one attached hydrogen (secondary N) is 1. The lowest BCUT2D eigenvalue weighted by Gasteiger charge is -2.07. The van der Waals surface area contributed by atoms with Crippen molar-refractivity contribution in [3.8, 4) is 0 Å². The molecule has 1 aromatic rings. The maximum atomic E-state index is 12.4. The molecule has 2 rings (SSSR count). The number of halogens is 3. The van der Waals surface area contributed by atoms with Crippen LogP contribution in [0, 0.1) is 6.92 Å². The van der Waals surface area contributed by atoms with Gasteiger partial charge in [-0.2, -0.15) is 13.2 Å². The van der Waals surface area contributed by atoms with Crippen molar-refractivity contribution >= 4 is 11.3 Å². The highest BCUT2D eigenvalue weighted by atomic mass is 32.1. The van der Waals surface area contributed by atoms with E-state index in [1.807, 2.05) is 0 Å². The van der Waals surface area contributed by atoms with Gasteiger partial charge in [0.2, 0.25) is 0 Å². The van der Waals surface area contributed by atoms with E-state index in [9.17, 15) is 13.2 Å². The minimum atomic E-state index is -4.31. The molecule has 0 aliphatic carbocycles. The van der Waals surface area contributed by atoms with E-state index in [1.54, 1.807) is 6.92 Å². The lowest BCUT2D eigenvalue weighted by molar-refractivity contribution is -0.137. The number of hydrogen-bond donors (Lipinski definition) is 1. The van der Waals surface area contributed by atoms with Crippen LogP contribution >= 0.6 is 11.3 Å². The normalized spacial score (nSPS) is 21.6. The molecule has 2 heterocycles. The molecule has 6 heteroatoms. The summed E-state index contributed by atoms with van der Waals surface area (Å²) in [7, 11) is 0. The second-order valence-electron chi connectivity index (χ2n) is 4.02. The second-order valence-corrected chi connectivity index (χ2v) is 5.22. The average molecular weight is 250 g/mol. The topological polar surface area (TPSA) is 24.9 Å². The maximum Gasteiger partial charge on any atom is 0.443 e. The highest BCUT2D eigenvalue weighted by molar-refractivity contribution is 7.11. The highest BCUT2D eigenvalue weighted by Crippen LogP contribution is 2.34. The lowest BCUT2D eigenvalue weighted by atomic mass is 10.1. The van der Waals surface area contributed by atoms with Crippen molar-refractivity contribution in [2.75, 3.05) is 6.54 Å². The number of alkyl halides is 3. The van der Waals surface area contributed by atoms with Gasteiger partial charge in [-0.05, 0) is 26.3 Å². The monoisotopic (exact) mass is 250 g/mol. The molecule has 16 heavy (non-hydrogen) atoms. The SMILES string of the molecule is Cc1sc(C(F)(F)F)nc1CC1CCCN1. The number of aromatic nitrogens is 1. The maximum absolute atomic E-state index is 12.4. The molecule has 1 aromatic heterocycles. The van der Waals surface area contributed by atoms with Crippen molar-refractivity contribution in [1.29, 1.82) is 0 Å². The van der Waals surface area contributed by atoms with Crippen LogP contribution in [0.15, 0.2) is 0 Å². The summed E-state index contributed by atoms with van der Waals surface area (Å²) in [5.74, 6) is 0. The molecule has 0 bridgehead atoms. The van der Waals surface area contributed by atoms with Gasteiger partial charge in [-0.15, -0.1) is 11.3 Å². The van der Waals surface area contributed by atoms with E-state index in [-0.39, 0.29) is 0 Å². The standard InChI is InChI=1S/C10H13F3N2S/c1-6-8(5-7-3-2-4-14-7)15-9(16-6)10(11,12)13/h7,14H,2-5H2,1H3. The van der Waals surface area contributed by atoms with E-state index in [0.29, 0.717) is 23.0 Å². The fourth-order valence-electron chi connectivity index (χ4n) is 1.90. The van der Waals surface area contributed by atoms with E-state index in [0.717, 1.165) is 30.7 Å². The van der Waals surface area contributed by atoms with Crippen LogP contribution in [0.2, 0.25) is 0 Å². The van der Waals surface area contributed by atoms with Crippen LogP contribution in [-0.2, 0) is 12.6 Å². The second kappa shape index (κ2) is 4.33. The Kier molecular flexibility index (Phi) is 3.21. The van der Waals surface area contributed by atoms with Crippen LogP contribution in [-0.4, -0.2) is 17.6 Å². The summed E-state index contributed by atoms with van der Waals surface area (Å²) >= 11 is 0.741. The Labute approximate surface area is 95.9 Å². The Hall–Kier alpha value is -0.620. The Bertz CT molecular complexity index is 367. The first-order valence-corrected chi connectivity index (χ1v) is 6.05. The molecule has 1 unspecified atom stereocenters. The molecule has 0 radical (unpaired) electrons. The molecule has 0 spiro atoms. The molecule has 2 nitrogen and oxygen atoms in total. The van der Waals surface area contributed by atoms with E-state index >= 15 is 0 Å². The molecule has 1 aliphatic heterocycles. The molecular weight excluding hydrogens is 237 g/mol. The summed E-state index contributed by atoms with van der Waals surface area (Å²) in [4.78, 5) is 4.38. The van der Waals surface area contributed by atoms with Crippen molar-refractivity contribution in [2.45, 2.75) is 38.4 Å². The van der Waals surface area contributed by atoms with Crippen LogP contribution in [0.1, 0.15) is 28.4 Å². The van der Waals surface area contributed by atoms with E-state index in [4.69, 9.17) is 0 Å². The zero-order valence-corrected chi connectivity index (χ0v) is 9.71. The van der Waals surface area contributed by atoms with Gasteiger partial charge in [-0.25, -0.2) is 4.98 Å². The number of nitrogens with zero attached hydrogens (tertiary/aromatic N) is 1. The molecular formula is C10H13F3N2S. The van der Waals surface area contributed by atoms with Gasteiger partial charge in [0.1, 0.15) is 0 Å². The van der Waals surface area contributed by atoms with Gasteiger partial charge in [0.25, 0.3) is 0 Å². The van der Waals surface area contributed by atoms with Crippen molar-refractivity contribution in [3.63, 3.8) is 0 Å². The first-order valence-electron chi connectivity index (χ1n) is 5.23. The van der Waals surface area contributed by atoms with Crippen LogP contribution < -0.4 is 5.32 Å². The highest BCUT2D eigenvalue weighted by Gasteiger charge is 2.35. The van der Waals surface area contributed by atoms with E-state index < -0.39 is 11.2 Å². The largest absolute Gasteiger partial charge is 0.443 e. The van der Waals surface area contributed by atoms with Crippen molar-refractivity contribution in [3.05, 3.63) is 15.6 Å².